The topological polar surface area (TPSA) is 51.2 Å². The second-order valence-electron chi connectivity index (χ2n) is 2.76. The highest BCUT2D eigenvalue weighted by molar-refractivity contribution is 9.10. The Bertz CT molecular complexity index is 379. The van der Waals surface area contributed by atoms with Gasteiger partial charge in [0.15, 0.2) is 18.2 Å². The second kappa shape index (κ2) is 2.99. The number of pyridine rings is 1. The standard InChI is InChI=1S/C8H7BrN2O2/c1-4-2-5(9)7-8(10-4)11-6(12)3-13-7/h2H,3H2,1H3,(H,10,11,12). The zero-order valence-electron chi connectivity index (χ0n) is 6.93. The summed E-state index contributed by atoms with van der Waals surface area (Å²) in [6, 6.07) is 1.84. The van der Waals surface area contributed by atoms with Gasteiger partial charge in [0.1, 0.15) is 0 Å². The molecule has 0 radical (unpaired) electrons. The van der Waals surface area contributed by atoms with Crippen LogP contribution in [0.25, 0.3) is 0 Å². The highest BCUT2D eigenvalue weighted by Crippen LogP contribution is 2.34. The lowest BCUT2D eigenvalue weighted by atomic mass is 10.3. The van der Waals surface area contributed by atoms with Crippen molar-refractivity contribution in [1.29, 1.82) is 0 Å². The van der Waals surface area contributed by atoms with Crippen LogP contribution in [-0.2, 0) is 4.79 Å². The van der Waals surface area contributed by atoms with Gasteiger partial charge >= 0.3 is 0 Å². The van der Waals surface area contributed by atoms with Crippen LogP contribution in [0.3, 0.4) is 0 Å². The molecule has 13 heavy (non-hydrogen) atoms. The first-order valence-corrected chi connectivity index (χ1v) is 4.56. The fraction of sp³-hybridized carbons (Fsp3) is 0.250. The van der Waals surface area contributed by atoms with Crippen LogP contribution in [-0.4, -0.2) is 17.5 Å². The maximum absolute atomic E-state index is 11.0. The third-order valence-electron chi connectivity index (χ3n) is 1.66. The van der Waals surface area contributed by atoms with Gasteiger partial charge in [0, 0.05) is 5.69 Å². The lowest BCUT2D eigenvalue weighted by molar-refractivity contribution is -0.118. The van der Waals surface area contributed by atoms with E-state index in [0.717, 1.165) is 10.2 Å². The number of nitrogens with one attached hydrogen (secondary N) is 1. The van der Waals surface area contributed by atoms with Crippen LogP contribution in [0.5, 0.6) is 5.75 Å². The average molecular weight is 243 g/mol. The van der Waals surface area contributed by atoms with E-state index < -0.39 is 0 Å². The Morgan fingerprint density at radius 1 is 1.69 bits per heavy atom. The molecule has 1 N–H and O–H groups in total. The van der Waals surface area contributed by atoms with Gasteiger partial charge in [-0.15, -0.1) is 0 Å². The van der Waals surface area contributed by atoms with E-state index in [-0.39, 0.29) is 12.5 Å². The summed E-state index contributed by atoms with van der Waals surface area (Å²) in [6.45, 7) is 1.90. The SMILES string of the molecule is Cc1cc(Br)c2c(n1)NC(=O)CO2. The molecule has 2 rings (SSSR count). The van der Waals surface area contributed by atoms with Crippen molar-refractivity contribution in [2.45, 2.75) is 6.92 Å². The number of fused-ring (bicyclic) bond motifs is 1. The molecule has 1 aliphatic heterocycles. The number of hydrogen-bond acceptors (Lipinski definition) is 3. The van der Waals surface area contributed by atoms with Gasteiger partial charge in [0.2, 0.25) is 0 Å². The van der Waals surface area contributed by atoms with Gasteiger partial charge in [-0.25, -0.2) is 4.98 Å². The highest BCUT2D eigenvalue weighted by Gasteiger charge is 2.19. The number of halogens is 1. The normalized spacial score (nSPS) is 14.5. The molecule has 0 aromatic carbocycles. The minimum atomic E-state index is -0.169. The molecular formula is C8H7BrN2O2. The fourth-order valence-electron chi connectivity index (χ4n) is 1.15. The summed E-state index contributed by atoms with van der Waals surface area (Å²) in [5, 5.41) is 2.64. The molecule has 0 aliphatic carbocycles. The number of ether oxygens (including phenoxy) is 1. The van der Waals surface area contributed by atoms with Gasteiger partial charge in [-0.3, -0.25) is 4.79 Å². The molecule has 0 saturated heterocycles. The van der Waals surface area contributed by atoms with Crippen molar-refractivity contribution >= 4 is 27.7 Å². The minimum Gasteiger partial charge on any atom is -0.479 e. The summed E-state index contributed by atoms with van der Waals surface area (Å²) in [5.41, 5.74) is 0.830. The lowest BCUT2D eigenvalue weighted by Gasteiger charge is -2.18. The molecule has 1 aromatic rings. The van der Waals surface area contributed by atoms with Crippen molar-refractivity contribution < 1.29 is 9.53 Å². The molecule has 5 heteroatoms. The van der Waals surface area contributed by atoms with Crippen molar-refractivity contribution in [3.63, 3.8) is 0 Å². The Kier molecular flexibility index (Phi) is 1.95. The van der Waals surface area contributed by atoms with Crippen molar-refractivity contribution in [2.75, 3.05) is 11.9 Å². The number of hydrogen-bond donors (Lipinski definition) is 1. The van der Waals surface area contributed by atoms with E-state index >= 15 is 0 Å². The van der Waals surface area contributed by atoms with Crippen molar-refractivity contribution in [2.24, 2.45) is 0 Å². The van der Waals surface area contributed by atoms with Crippen LogP contribution in [0.1, 0.15) is 5.69 Å². The molecule has 0 fully saturated rings. The molecule has 0 saturated carbocycles. The van der Waals surface area contributed by atoms with Crippen LogP contribution < -0.4 is 10.1 Å². The van der Waals surface area contributed by atoms with Crippen LogP contribution in [0.15, 0.2) is 10.5 Å². The van der Waals surface area contributed by atoms with Gasteiger partial charge in [0.25, 0.3) is 5.91 Å². The van der Waals surface area contributed by atoms with Crippen molar-refractivity contribution in [1.82, 2.24) is 4.98 Å². The molecule has 0 unspecified atom stereocenters. The molecule has 4 nitrogen and oxygen atoms in total. The van der Waals surface area contributed by atoms with Crippen molar-refractivity contribution in [3.8, 4) is 5.75 Å². The zero-order valence-corrected chi connectivity index (χ0v) is 8.51. The van der Waals surface area contributed by atoms with E-state index in [1.54, 1.807) is 0 Å². The van der Waals surface area contributed by atoms with Gasteiger partial charge in [0.05, 0.1) is 4.47 Å². The summed E-state index contributed by atoms with van der Waals surface area (Å²) in [6.07, 6.45) is 0. The Morgan fingerprint density at radius 2 is 2.46 bits per heavy atom. The number of anilines is 1. The maximum atomic E-state index is 11.0. The zero-order chi connectivity index (χ0) is 9.42. The first-order valence-electron chi connectivity index (χ1n) is 3.76. The van der Waals surface area contributed by atoms with Gasteiger partial charge < -0.3 is 10.1 Å². The molecule has 68 valence electrons. The predicted octanol–water partition coefficient (Wildman–Crippen LogP) is 1.48. The quantitative estimate of drug-likeness (QED) is 0.750. The summed E-state index contributed by atoms with van der Waals surface area (Å²) >= 11 is 3.34. The van der Waals surface area contributed by atoms with E-state index in [1.807, 2.05) is 13.0 Å². The Hall–Kier alpha value is -1.10. The predicted molar refractivity (Wildman–Crippen MR) is 50.8 cm³/mol. The number of carbonyl (C=O) groups is 1. The third-order valence-corrected chi connectivity index (χ3v) is 2.25. The fourth-order valence-corrected chi connectivity index (χ4v) is 1.78. The molecule has 1 aliphatic rings. The molecule has 0 spiro atoms. The largest absolute Gasteiger partial charge is 0.479 e. The second-order valence-corrected chi connectivity index (χ2v) is 3.61. The molecule has 2 heterocycles. The number of amides is 1. The summed E-state index contributed by atoms with van der Waals surface area (Å²) in [5.74, 6) is 0.922. The third kappa shape index (κ3) is 1.51. The monoisotopic (exact) mass is 242 g/mol. The minimum absolute atomic E-state index is 0.0519. The van der Waals surface area contributed by atoms with E-state index in [2.05, 4.69) is 26.2 Å². The van der Waals surface area contributed by atoms with Crippen molar-refractivity contribution in [3.05, 3.63) is 16.2 Å². The van der Waals surface area contributed by atoms with Gasteiger partial charge in [-0.1, -0.05) is 0 Å². The lowest BCUT2D eigenvalue weighted by Crippen LogP contribution is -2.26. The number of carbonyl (C=O) groups excluding carboxylic acids is 1. The Morgan fingerprint density at radius 3 is 3.23 bits per heavy atom. The summed E-state index contributed by atoms with van der Waals surface area (Å²) < 4.78 is 6.01. The molecule has 0 bridgehead atoms. The van der Waals surface area contributed by atoms with Gasteiger partial charge in [-0.05, 0) is 28.9 Å². The Balaban J connectivity index is 2.53. The summed E-state index contributed by atoms with van der Waals surface area (Å²) in [4.78, 5) is 15.1. The maximum Gasteiger partial charge on any atom is 0.263 e. The van der Waals surface area contributed by atoms with Gasteiger partial charge in [-0.2, -0.15) is 0 Å². The number of aromatic nitrogens is 1. The number of nitrogens with zero attached hydrogens (tertiary/aromatic N) is 1. The van der Waals surface area contributed by atoms with E-state index in [1.165, 1.54) is 0 Å². The molecule has 1 aromatic heterocycles. The molecule has 1 amide bonds. The number of aryl methyl sites for hydroxylation is 1. The van der Waals surface area contributed by atoms with Crippen LogP contribution in [0, 0.1) is 6.92 Å². The van der Waals surface area contributed by atoms with Crippen LogP contribution >= 0.6 is 15.9 Å². The van der Waals surface area contributed by atoms with E-state index in [4.69, 9.17) is 4.74 Å². The molecule has 0 atom stereocenters. The highest BCUT2D eigenvalue weighted by atomic mass is 79.9. The Labute approximate surface area is 83.4 Å². The summed E-state index contributed by atoms with van der Waals surface area (Å²) in [7, 11) is 0. The first-order chi connectivity index (χ1) is 6.16. The van der Waals surface area contributed by atoms with E-state index in [0.29, 0.717) is 11.6 Å². The number of rotatable bonds is 0. The average Bonchev–Trinajstić information content (AvgIpc) is 2.02. The smallest absolute Gasteiger partial charge is 0.263 e. The van der Waals surface area contributed by atoms with E-state index in [9.17, 15) is 4.79 Å². The first kappa shape index (κ1) is 8.50. The van der Waals surface area contributed by atoms with Crippen LogP contribution in [0.2, 0.25) is 0 Å². The molecular weight excluding hydrogens is 236 g/mol. The van der Waals surface area contributed by atoms with Crippen LogP contribution in [0.4, 0.5) is 5.82 Å².